The normalized spacial score (nSPS) is 17.4. The van der Waals surface area contributed by atoms with Crippen LogP contribution in [0.3, 0.4) is 0 Å². The minimum absolute atomic E-state index is 0.0963. The van der Waals surface area contributed by atoms with Crippen molar-refractivity contribution in [2.45, 2.75) is 31.7 Å². The largest absolute Gasteiger partial charge is 0.352 e. The number of guanidine groups is 1. The number of carbonyl (C=O) groups excluding carboxylic acids is 1. The van der Waals surface area contributed by atoms with Crippen molar-refractivity contribution in [3.63, 3.8) is 0 Å². The zero-order chi connectivity index (χ0) is 19.8. The number of thioether (sulfide) groups is 1. The van der Waals surface area contributed by atoms with Crippen molar-refractivity contribution in [2.75, 3.05) is 31.2 Å². The molecule has 150 valence electrons. The minimum Gasteiger partial charge on any atom is -0.352 e. The minimum atomic E-state index is -0.0963. The molecule has 7 nitrogen and oxygen atoms in total. The van der Waals surface area contributed by atoms with Crippen LogP contribution < -0.4 is 10.6 Å². The van der Waals surface area contributed by atoms with Crippen molar-refractivity contribution >= 4 is 29.3 Å². The number of hydrogen-bond acceptors (Lipinski definition) is 4. The molecule has 1 amide bonds. The van der Waals surface area contributed by atoms with Crippen LogP contribution >= 0.6 is 11.8 Å². The third-order valence-electron chi connectivity index (χ3n) is 4.63. The number of carbonyl (C=O) groups is 1. The Morgan fingerprint density at radius 2 is 2.29 bits per heavy atom. The SMILES string of the molecule is CCC1CN(C(=NC)NCc2cccc(NC(=O)Cn3cccn3)c2)CCS1. The third-order valence-corrected chi connectivity index (χ3v) is 6.00. The zero-order valence-electron chi connectivity index (χ0n) is 16.5. The van der Waals surface area contributed by atoms with Gasteiger partial charge in [-0.15, -0.1) is 0 Å². The van der Waals surface area contributed by atoms with E-state index in [0.717, 1.165) is 36.1 Å². The Morgan fingerprint density at radius 1 is 1.39 bits per heavy atom. The van der Waals surface area contributed by atoms with Crippen molar-refractivity contribution in [3.8, 4) is 0 Å². The molecular formula is C20H28N6OS. The quantitative estimate of drug-likeness (QED) is 0.575. The monoisotopic (exact) mass is 400 g/mol. The highest BCUT2D eigenvalue weighted by Gasteiger charge is 2.21. The molecule has 0 aliphatic carbocycles. The molecule has 2 aromatic rings. The second kappa shape index (κ2) is 10.2. The maximum atomic E-state index is 12.2. The van der Waals surface area contributed by atoms with E-state index in [4.69, 9.17) is 0 Å². The molecule has 3 rings (SSSR count). The summed E-state index contributed by atoms with van der Waals surface area (Å²) in [5.74, 6) is 1.98. The van der Waals surface area contributed by atoms with E-state index in [0.29, 0.717) is 11.8 Å². The van der Waals surface area contributed by atoms with Crippen LogP contribution in [0.2, 0.25) is 0 Å². The highest BCUT2D eigenvalue weighted by Crippen LogP contribution is 2.21. The summed E-state index contributed by atoms with van der Waals surface area (Å²) < 4.78 is 1.60. The van der Waals surface area contributed by atoms with Crippen molar-refractivity contribution in [1.29, 1.82) is 0 Å². The second-order valence-corrected chi connectivity index (χ2v) is 8.11. The predicted octanol–water partition coefficient (Wildman–Crippen LogP) is 2.42. The van der Waals surface area contributed by atoms with Crippen LogP contribution in [0.15, 0.2) is 47.7 Å². The summed E-state index contributed by atoms with van der Waals surface area (Å²) in [7, 11) is 1.83. The van der Waals surface area contributed by atoms with Gasteiger partial charge in [-0.25, -0.2) is 0 Å². The van der Waals surface area contributed by atoms with Crippen molar-refractivity contribution in [3.05, 3.63) is 48.3 Å². The molecular weight excluding hydrogens is 372 g/mol. The van der Waals surface area contributed by atoms with Crippen LogP contribution in [0.4, 0.5) is 5.69 Å². The summed E-state index contributed by atoms with van der Waals surface area (Å²) in [6, 6.07) is 9.68. The number of benzene rings is 1. The lowest BCUT2D eigenvalue weighted by atomic mass is 10.2. The van der Waals surface area contributed by atoms with Gasteiger partial charge >= 0.3 is 0 Å². The van der Waals surface area contributed by atoms with Gasteiger partial charge in [-0.3, -0.25) is 14.5 Å². The van der Waals surface area contributed by atoms with Gasteiger partial charge < -0.3 is 15.5 Å². The van der Waals surface area contributed by atoms with Gasteiger partial charge in [0.1, 0.15) is 6.54 Å². The number of anilines is 1. The van der Waals surface area contributed by atoms with Gasteiger partial charge in [-0.2, -0.15) is 16.9 Å². The Hall–Kier alpha value is -2.48. The summed E-state index contributed by atoms with van der Waals surface area (Å²) in [6.45, 7) is 5.15. The number of nitrogens with zero attached hydrogens (tertiary/aromatic N) is 4. The number of rotatable bonds is 6. The average Bonchev–Trinajstić information content (AvgIpc) is 3.22. The standard InChI is InChI=1S/C20H28N6OS/c1-3-18-14-25(10-11-28-18)20(21-2)22-13-16-6-4-7-17(12-16)24-19(27)15-26-9-5-8-23-26/h4-9,12,18H,3,10-11,13-15H2,1-2H3,(H,21,22)(H,24,27). The summed E-state index contributed by atoms with van der Waals surface area (Å²) >= 11 is 2.05. The van der Waals surface area contributed by atoms with E-state index in [2.05, 4.69) is 32.5 Å². The molecule has 1 aromatic heterocycles. The van der Waals surface area contributed by atoms with Gasteiger partial charge in [0.15, 0.2) is 5.96 Å². The fraction of sp³-hybridized carbons (Fsp3) is 0.450. The molecule has 0 bridgehead atoms. The topological polar surface area (TPSA) is 74.5 Å². The number of hydrogen-bond donors (Lipinski definition) is 2. The van der Waals surface area contributed by atoms with Crippen LogP contribution in [0.5, 0.6) is 0 Å². The lowest BCUT2D eigenvalue weighted by Gasteiger charge is -2.34. The highest BCUT2D eigenvalue weighted by molar-refractivity contribution is 8.00. The molecule has 1 aliphatic rings. The first kappa shape index (κ1) is 20.3. The molecule has 1 saturated heterocycles. The Kier molecular flexibility index (Phi) is 7.36. The van der Waals surface area contributed by atoms with Crippen LogP contribution in [0, 0.1) is 0 Å². The molecule has 2 heterocycles. The lowest BCUT2D eigenvalue weighted by Crippen LogP contribution is -2.47. The van der Waals surface area contributed by atoms with Gasteiger partial charge in [-0.1, -0.05) is 19.1 Å². The van der Waals surface area contributed by atoms with E-state index in [9.17, 15) is 4.79 Å². The van der Waals surface area contributed by atoms with Crippen LogP contribution in [-0.4, -0.2) is 57.7 Å². The van der Waals surface area contributed by atoms with Gasteiger partial charge in [0.25, 0.3) is 0 Å². The zero-order valence-corrected chi connectivity index (χ0v) is 17.3. The Morgan fingerprint density at radius 3 is 3.04 bits per heavy atom. The molecule has 1 fully saturated rings. The number of aliphatic imine (C=N–C) groups is 1. The lowest BCUT2D eigenvalue weighted by molar-refractivity contribution is -0.116. The summed E-state index contributed by atoms with van der Waals surface area (Å²) in [5, 5.41) is 11.1. The van der Waals surface area contributed by atoms with E-state index in [1.54, 1.807) is 23.1 Å². The smallest absolute Gasteiger partial charge is 0.246 e. The number of amides is 1. The van der Waals surface area contributed by atoms with Gasteiger partial charge in [0.2, 0.25) is 5.91 Å². The molecule has 1 unspecified atom stereocenters. The molecule has 8 heteroatoms. The first-order valence-corrected chi connectivity index (χ1v) is 10.7. The predicted molar refractivity (Wildman–Crippen MR) is 116 cm³/mol. The second-order valence-electron chi connectivity index (χ2n) is 6.70. The van der Waals surface area contributed by atoms with E-state index in [1.165, 1.54) is 6.42 Å². The summed E-state index contributed by atoms with van der Waals surface area (Å²) in [5.41, 5.74) is 1.88. The molecule has 0 saturated carbocycles. The van der Waals surface area contributed by atoms with E-state index >= 15 is 0 Å². The van der Waals surface area contributed by atoms with E-state index in [-0.39, 0.29) is 12.5 Å². The first-order chi connectivity index (χ1) is 13.7. The van der Waals surface area contributed by atoms with E-state index < -0.39 is 0 Å². The van der Waals surface area contributed by atoms with Crippen LogP contribution in [0.1, 0.15) is 18.9 Å². The first-order valence-electron chi connectivity index (χ1n) is 9.61. The maximum absolute atomic E-state index is 12.2. The number of aromatic nitrogens is 2. The van der Waals surface area contributed by atoms with Gasteiger partial charge in [0, 0.05) is 55.8 Å². The number of nitrogens with one attached hydrogen (secondary N) is 2. The Bertz CT molecular complexity index is 792. The molecule has 1 atom stereocenters. The highest BCUT2D eigenvalue weighted by atomic mass is 32.2. The molecule has 2 N–H and O–H groups in total. The third kappa shape index (κ3) is 5.76. The molecule has 1 aromatic carbocycles. The Labute approximate surface area is 170 Å². The van der Waals surface area contributed by atoms with Crippen molar-refractivity contribution < 1.29 is 4.79 Å². The van der Waals surface area contributed by atoms with Crippen LogP contribution in [0.25, 0.3) is 0 Å². The summed E-state index contributed by atoms with van der Waals surface area (Å²) in [6.07, 6.45) is 4.61. The van der Waals surface area contributed by atoms with Crippen molar-refractivity contribution in [2.24, 2.45) is 4.99 Å². The Balaban J connectivity index is 1.54. The fourth-order valence-electron chi connectivity index (χ4n) is 3.17. The fourth-order valence-corrected chi connectivity index (χ4v) is 4.35. The van der Waals surface area contributed by atoms with E-state index in [1.807, 2.05) is 43.1 Å². The van der Waals surface area contributed by atoms with Gasteiger partial charge in [-0.05, 0) is 30.2 Å². The van der Waals surface area contributed by atoms with Crippen molar-refractivity contribution in [1.82, 2.24) is 20.0 Å². The molecule has 1 aliphatic heterocycles. The average molecular weight is 401 g/mol. The van der Waals surface area contributed by atoms with Crippen LogP contribution in [-0.2, 0) is 17.9 Å². The maximum Gasteiger partial charge on any atom is 0.246 e. The molecule has 0 spiro atoms. The summed E-state index contributed by atoms with van der Waals surface area (Å²) in [4.78, 5) is 18.9. The van der Waals surface area contributed by atoms with Gasteiger partial charge in [0.05, 0.1) is 0 Å². The molecule has 28 heavy (non-hydrogen) atoms. The molecule has 0 radical (unpaired) electrons.